The van der Waals surface area contributed by atoms with Crippen LogP contribution in [0.5, 0.6) is 0 Å². The maximum atomic E-state index is 10.3. The van der Waals surface area contributed by atoms with E-state index in [1.165, 1.54) is 6.42 Å². The Balaban J connectivity index is 2.65. The Kier molecular flexibility index (Phi) is 3.41. The van der Waals surface area contributed by atoms with Crippen molar-refractivity contribution in [2.24, 2.45) is 11.3 Å². The molecule has 0 bridgehead atoms. The topological polar surface area (TPSA) is 20.2 Å². The predicted molar refractivity (Wildman–Crippen MR) is 61.2 cm³/mol. The maximum absolute atomic E-state index is 10.3. The van der Waals surface area contributed by atoms with E-state index in [0.29, 0.717) is 11.3 Å². The summed E-state index contributed by atoms with van der Waals surface area (Å²) in [5, 5.41) is 10.3. The number of hydrogen-bond donors (Lipinski definition) is 1. The smallest absolute Gasteiger partial charge is 0.0853 e. The largest absolute Gasteiger partial charge is 0.386 e. The van der Waals surface area contributed by atoms with Gasteiger partial charge in [0.1, 0.15) is 0 Å². The van der Waals surface area contributed by atoms with Crippen LogP contribution in [0.1, 0.15) is 52.9 Å². The molecule has 2 atom stereocenters. The lowest BCUT2D eigenvalue weighted by molar-refractivity contribution is 0.0301. The van der Waals surface area contributed by atoms with Gasteiger partial charge in [-0.25, -0.2) is 0 Å². The van der Waals surface area contributed by atoms with Crippen molar-refractivity contribution in [3.63, 3.8) is 0 Å². The predicted octanol–water partition coefficient (Wildman–Crippen LogP) is 3.53. The molecule has 0 heterocycles. The van der Waals surface area contributed by atoms with Crippen LogP contribution in [0, 0.1) is 11.3 Å². The molecule has 0 radical (unpaired) electrons. The van der Waals surface area contributed by atoms with Gasteiger partial charge in [-0.15, -0.1) is 6.58 Å². The second-order valence-corrected chi connectivity index (χ2v) is 5.51. The highest BCUT2D eigenvalue weighted by Gasteiger charge is 2.40. The van der Waals surface area contributed by atoms with Gasteiger partial charge in [-0.2, -0.15) is 0 Å². The van der Waals surface area contributed by atoms with Gasteiger partial charge in [-0.3, -0.25) is 0 Å². The monoisotopic (exact) mass is 196 g/mol. The van der Waals surface area contributed by atoms with E-state index in [4.69, 9.17) is 0 Å². The fourth-order valence-electron chi connectivity index (χ4n) is 2.44. The van der Waals surface area contributed by atoms with E-state index in [2.05, 4.69) is 27.4 Å². The highest BCUT2D eigenvalue weighted by atomic mass is 16.3. The Labute approximate surface area is 88.2 Å². The summed E-state index contributed by atoms with van der Waals surface area (Å²) in [6, 6.07) is 0. The van der Waals surface area contributed by atoms with Crippen molar-refractivity contribution in [2.75, 3.05) is 0 Å². The highest BCUT2D eigenvalue weighted by molar-refractivity contribution is 5.05. The molecule has 0 saturated heterocycles. The van der Waals surface area contributed by atoms with Crippen LogP contribution in [-0.2, 0) is 0 Å². The van der Waals surface area contributed by atoms with Gasteiger partial charge in [-0.05, 0) is 37.0 Å². The van der Waals surface area contributed by atoms with Crippen molar-refractivity contribution in [2.45, 2.75) is 58.5 Å². The molecule has 1 saturated carbocycles. The van der Waals surface area contributed by atoms with E-state index in [9.17, 15) is 5.11 Å². The molecule has 1 rings (SSSR count). The van der Waals surface area contributed by atoms with Gasteiger partial charge in [-0.1, -0.05) is 33.3 Å². The van der Waals surface area contributed by atoms with Crippen LogP contribution in [0.15, 0.2) is 12.7 Å². The van der Waals surface area contributed by atoms with Gasteiger partial charge in [0, 0.05) is 0 Å². The van der Waals surface area contributed by atoms with Crippen LogP contribution < -0.4 is 0 Å². The average Bonchev–Trinajstić information content (AvgIpc) is 2.48. The van der Waals surface area contributed by atoms with Gasteiger partial charge >= 0.3 is 0 Å². The normalized spacial score (nSPS) is 33.3. The molecule has 0 spiro atoms. The fraction of sp³-hybridized carbons (Fsp3) is 0.846. The first-order valence-electron chi connectivity index (χ1n) is 5.79. The van der Waals surface area contributed by atoms with Crippen LogP contribution in [0.4, 0.5) is 0 Å². The van der Waals surface area contributed by atoms with Crippen molar-refractivity contribution in [1.29, 1.82) is 0 Å². The average molecular weight is 196 g/mol. The summed E-state index contributed by atoms with van der Waals surface area (Å²) in [6.07, 6.45) is 7.26. The van der Waals surface area contributed by atoms with Gasteiger partial charge in [0.2, 0.25) is 0 Å². The Morgan fingerprint density at radius 3 is 2.71 bits per heavy atom. The Morgan fingerprint density at radius 2 is 2.21 bits per heavy atom. The minimum atomic E-state index is -0.577. The summed E-state index contributed by atoms with van der Waals surface area (Å²) in [5.74, 6) is 0.426. The first-order valence-corrected chi connectivity index (χ1v) is 5.79. The van der Waals surface area contributed by atoms with Crippen LogP contribution in [0.25, 0.3) is 0 Å². The van der Waals surface area contributed by atoms with Crippen LogP contribution in [0.2, 0.25) is 0 Å². The quantitative estimate of drug-likeness (QED) is 0.682. The molecule has 0 aromatic rings. The van der Waals surface area contributed by atoms with E-state index >= 15 is 0 Å². The molecular weight excluding hydrogens is 172 g/mol. The molecule has 2 unspecified atom stereocenters. The second-order valence-electron chi connectivity index (χ2n) is 5.51. The number of hydrogen-bond acceptors (Lipinski definition) is 1. The zero-order chi connectivity index (χ0) is 10.8. The number of aliphatic hydroxyl groups is 1. The van der Waals surface area contributed by atoms with E-state index in [0.717, 1.165) is 25.7 Å². The molecule has 1 nitrogen and oxygen atoms in total. The lowest BCUT2D eigenvalue weighted by Gasteiger charge is -2.33. The van der Waals surface area contributed by atoms with Crippen LogP contribution in [0.3, 0.4) is 0 Å². The maximum Gasteiger partial charge on any atom is 0.0853 e. The minimum absolute atomic E-state index is 0.353. The van der Waals surface area contributed by atoms with Crippen molar-refractivity contribution < 1.29 is 5.11 Å². The van der Waals surface area contributed by atoms with Crippen molar-refractivity contribution in [3.8, 4) is 0 Å². The van der Waals surface area contributed by atoms with Gasteiger partial charge in [0.15, 0.2) is 0 Å². The molecule has 1 fully saturated rings. The minimum Gasteiger partial charge on any atom is -0.386 e. The third kappa shape index (κ3) is 2.38. The Bertz CT molecular complexity index is 207. The standard InChI is InChI=1S/C13H24O/c1-5-12(3,4)10-11-8-7-9-13(11,14)6-2/h6,11,14H,2,5,7-10H2,1,3-4H3. The van der Waals surface area contributed by atoms with Gasteiger partial charge < -0.3 is 5.11 Å². The molecule has 14 heavy (non-hydrogen) atoms. The molecule has 82 valence electrons. The number of rotatable bonds is 4. The van der Waals surface area contributed by atoms with Crippen molar-refractivity contribution in [1.82, 2.24) is 0 Å². The SMILES string of the molecule is C=CC1(O)CCCC1CC(C)(C)CC. The second kappa shape index (κ2) is 4.06. The van der Waals surface area contributed by atoms with E-state index < -0.39 is 5.60 Å². The summed E-state index contributed by atoms with van der Waals surface area (Å²) in [5.41, 5.74) is -0.224. The molecule has 0 amide bonds. The first-order chi connectivity index (χ1) is 6.43. The molecule has 1 aliphatic rings. The summed E-state index contributed by atoms with van der Waals surface area (Å²) in [7, 11) is 0. The first kappa shape index (κ1) is 11.8. The van der Waals surface area contributed by atoms with Crippen molar-refractivity contribution >= 4 is 0 Å². The molecule has 0 aromatic carbocycles. The Hall–Kier alpha value is -0.300. The lowest BCUT2D eigenvalue weighted by atomic mass is 9.75. The third-order valence-corrected chi connectivity index (χ3v) is 3.95. The summed E-state index contributed by atoms with van der Waals surface area (Å²) in [4.78, 5) is 0. The molecule has 0 aliphatic heterocycles. The zero-order valence-corrected chi connectivity index (χ0v) is 9.84. The molecule has 1 N–H and O–H groups in total. The fourth-order valence-corrected chi connectivity index (χ4v) is 2.44. The molecule has 1 heteroatoms. The van der Waals surface area contributed by atoms with E-state index in [-0.39, 0.29) is 0 Å². The molecular formula is C13H24O. The Morgan fingerprint density at radius 1 is 1.57 bits per heavy atom. The highest BCUT2D eigenvalue weighted by Crippen LogP contribution is 2.43. The zero-order valence-electron chi connectivity index (χ0n) is 9.84. The summed E-state index contributed by atoms with van der Waals surface area (Å²) < 4.78 is 0. The lowest BCUT2D eigenvalue weighted by Crippen LogP contribution is -2.33. The summed E-state index contributed by atoms with van der Waals surface area (Å²) >= 11 is 0. The van der Waals surface area contributed by atoms with Crippen LogP contribution in [-0.4, -0.2) is 10.7 Å². The van der Waals surface area contributed by atoms with Crippen LogP contribution >= 0.6 is 0 Å². The molecule has 1 aliphatic carbocycles. The van der Waals surface area contributed by atoms with Gasteiger partial charge in [0.05, 0.1) is 5.60 Å². The van der Waals surface area contributed by atoms with E-state index in [1.54, 1.807) is 6.08 Å². The van der Waals surface area contributed by atoms with Crippen molar-refractivity contribution in [3.05, 3.63) is 12.7 Å². The molecule has 0 aromatic heterocycles. The van der Waals surface area contributed by atoms with E-state index in [1.807, 2.05) is 0 Å². The summed E-state index contributed by atoms with van der Waals surface area (Å²) in [6.45, 7) is 10.6. The third-order valence-electron chi connectivity index (χ3n) is 3.95. The van der Waals surface area contributed by atoms with Gasteiger partial charge in [0.25, 0.3) is 0 Å².